The van der Waals surface area contributed by atoms with Gasteiger partial charge in [0.2, 0.25) is 0 Å². The van der Waals surface area contributed by atoms with Crippen LogP contribution in [0.25, 0.3) is 0 Å². The van der Waals surface area contributed by atoms with E-state index in [9.17, 15) is 23.3 Å². The molecule has 0 unspecified atom stereocenters. The lowest BCUT2D eigenvalue weighted by atomic mass is 10.1. The minimum absolute atomic E-state index is 0.0607. The first-order valence-electron chi connectivity index (χ1n) is 5.52. The Morgan fingerprint density at radius 1 is 1.10 bits per heavy atom. The molecule has 2 rings (SSSR count). The van der Waals surface area contributed by atoms with Crippen LogP contribution in [0.5, 0.6) is 0 Å². The summed E-state index contributed by atoms with van der Waals surface area (Å²) < 4.78 is 39.3. The number of benzene rings is 2. The normalized spacial score (nSPS) is 10.0. The Bertz CT molecular complexity index is 772. The highest BCUT2D eigenvalue weighted by molar-refractivity contribution is 5.66. The highest BCUT2D eigenvalue weighted by Gasteiger charge is 2.16. The first-order valence-corrected chi connectivity index (χ1v) is 5.52. The number of hydrogen-bond acceptors (Lipinski definition) is 4. The molecular weight excluding hydrogens is 287 g/mol. The van der Waals surface area contributed by atoms with Gasteiger partial charge in [0, 0.05) is 23.9 Å². The molecule has 5 nitrogen and oxygen atoms in total. The van der Waals surface area contributed by atoms with E-state index in [2.05, 4.69) is 5.32 Å². The quantitative estimate of drug-likeness (QED) is 0.532. The van der Waals surface area contributed by atoms with Crippen molar-refractivity contribution in [2.75, 3.05) is 5.32 Å². The van der Waals surface area contributed by atoms with E-state index >= 15 is 0 Å². The van der Waals surface area contributed by atoms with Crippen LogP contribution in [-0.2, 0) is 0 Å². The molecule has 2 aromatic carbocycles. The van der Waals surface area contributed by atoms with Crippen molar-refractivity contribution in [3.05, 3.63) is 63.5 Å². The molecule has 0 aromatic heterocycles. The second-order valence-electron chi connectivity index (χ2n) is 3.97. The number of nitro benzene ring substituents is 1. The molecule has 1 N–H and O–H groups in total. The summed E-state index contributed by atoms with van der Waals surface area (Å²) in [6.45, 7) is 0. The van der Waals surface area contributed by atoms with Crippen molar-refractivity contribution in [2.24, 2.45) is 0 Å². The minimum atomic E-state index is -1.34. The molecule has 8 heteroatoms. The van der Waals surface area contributed by atoms with Crippen LogP contribution < -0.4 is 5.32 Å². The third kappa shape index (κ3) is 2.92. The summed E-state index contributed by atoms with van der Waals surface area (Å²) in [6.07, 6.45) is 0. The molecule has 0 saturated heterocycles. The Labute approximate surface area is 116 Å². The van der Waals surface area contributed by atoms with Crippen molar-refractivity contribution in [3.8, 4) is 6.07 Å². The number of nitrogens with zero attached hydrogens (tertiary/aromatic N) is 2. The lowest BCUT2D eigenvalue weighted by Crippen LogP contribution is -1.99. The van der Waals surface area contributed by atoms with Crippen LogP contribution >= 0.6 is 0 Å². The predicted octanol–water partition coefficient (Wildman–Crippen LogP) is 3.63. The average Bonchev–Trinajstić information content (AvgIpc) is 2.44. The summed E-state index contributed by atoms with van der Waals surface area (Å²) in [6, 6.07) is 6.04. The fourth-order valence-corrected chi connectivity index (χ4v) is 1.63. The summed E-state index contributed by atoms with van der Waals surface area (Å²) in [5.41, 5.74) is -0.972. The molecule has 106 valence electrons. The van der Waals surface area contributed by atoms with Gasteiger partial charge in [-0.25, -0.2) is 13.2 Å². The average molecular weight is 293 g/mol. The maximum Gasteiger partial charge on any atom is 0.289 e. The highest BCUT2D eigenvalue weighted by atomic mass is 19.2. The third-order valence-corrected chi connectivity index (χ3v) is 2.60. The number of anilines is 2. The second-order valence-corrected chi connectivity index (χ2v) is 3.97. The Hall–Kier alpha value is -3.08. The molecule has 0 aliphatic rings. The Morgan fingerprint density at radius 3 is 2.38 bits per heavy atom. The fraction of sp³-hybridized carbons (Fsp3) is 0. The Balaban J connectivity index is 2.41. The molecule has 0 spiro atoms. The van der Waals surface area contributed by atoms with Crippen LogP contribution in [0, 0.1) is 38.9 Å². The van der Waals surface area contributed by atoms with Gasteiger partial charge in [0.15, 0.2) is 11.6 Å². The zero-order valence-corrected chi connectivity index (χ0v) is 10.2. The van der Waals surface area contributed by atoms with E-state index < -0.39 is 28.1 Å². The number of rotatable bonds is 3. The van der Waals surface area contributed by atoms with Crippen LogP contribution in [0.2, 0.25) is 0 Å². The summed E-state index contributed by atoms with van der Waals surface area (Å²) in [7, 11) is 0. The van der Waals surface area contributed by atoms with Gasteiger partial charge in [0.25, 0.3) is 5.69 Å². The summed E-state index contributed by atoms with van der Waals surface area (Å²) in [5.74, 6) is -3.66. The van der Waals surface area contributed by atoms with Crippen molar-refractivity contribution in [1.82, 2.24) is 0 Å². The van der Waals surface area contributed by atoms with Gasteiger partial charge in [-0.2, -0.15) is 5.26 Å². The maximum absolute atomic E-state index is 13.5. The number of hydrogen-bond donors (Lipinski definition) is 1. The van der Waals surface area contributed by atoms with Crippen molar-refractivity contribution in [3.63, 3.8) is 0 Å². The first kappa shape index (κ1) is 14.3. The molecule has 2 aromatic rings. The van der Waals surface area contributed by atoms with Crippen LogP contribution in [0.4, 0.5) is 30.2 Å². The molecule has 0 fully saturated rings. The summed E-state index contributed by atoms with van der Waals surface area (Å²) >= 11 is 0. The Morgan fingerprint density at radius 2 is 1.76 bits per heavy atom. The molecule has 21 heavy (non-hydrogen) atoms. The van der Waals surface area contributed by atoms with Gasteiger partial charge >= 0.3 is 0 Å². The topological polar surface area (TPSA) is 79.0 Å². The number of nitro groups is 1. The smallest absolute Gasteiger partial charge is 0.289 e. The maximum atomic E-state index is 13.5. The van der Waals surface area contributed by atoms with E-state index in [4.69, 9.17) is 5.26 Å². The van der Waals surface area contributed by atoms with E-state index in [1.165, 1.54) is 6.07 Å². The zero-order chi connectivity index (χ0) is 15.6. The molecule has 0 heterocycles. The van der Waals surface area contributed by atoms with E-state index in [1.54, 1.807) is 6.07 Å². The molecule has 0 radical (unpaired) electrons. The Kier molecular flexibility index (Phi) is 3.75. The van der Waals surface area contributed by atoms with Crippen molar-refractivity contribution in [1.29, 1.82) is 5.26 Å². The molecule has 0 aliphatic heterocycles. The van der Waals surface area contributed by atoms with Crippen LogP contribution in [0.3, 0.4) is 0 Å². The second kappa shape index (κ2) is 5.50. The van der Waals surface area contributed by atoms with Crippen molar-refractivity contribution in [2.45, 2.75) is 0 Å². The van der Waals surface area contributed by atoms with Gasteiger partial charge in [0.05, 0.1) is 10.6 Å². The van der Waals surface area contributed by atoms with Gasteiger partial charge in [-0.3, -0.25) is 10.1 Å². The third-order valence-electron chi connectivity index (χ3n) is 2.60. The van der Waals surface area contributed by atoms with Gasteiger partial charge in [-0.05, 0) is 12.1 Å². The van der Waals surface area contributed by atoms with Crippen LogP contribution in [0.1, 0.15) is 5.56 Å². The summed E-state index contributed by atoms with van der Waals surface area (Å²) in [4.78, 5) is 10.0. The van der Waals surface area contributed by atoms with Crippen LogP contribution in [-0.4, -0.2) is 4.92 Å². The lowest BCUT2D eigenvalue weighted by Gasteiger charge is -2.08. The zero-order valence-electron chi connectivity index (χ0n) is 10.2. The van der Waals surface area contributed by atoms with Gasteiger partial charge < -0.3 is 5.32 Å². The molecular formula is C13H6F3N3O2. The minimum Gasteiger partial charge on any atom is -0.353 e. The number of nitrogens with one attached hydrogen (secondary N) is 1. The van der Waals surface area contributed by atoms with Gasteiger partial charge in [0.1, 0.15) is 17.4 Å². The molecule has 0 amide bonds. The number of halogens is 3. The van der Waals surface area contributed by atoms with Crippen molar-refractivity contribution < 1.29 is 18.1 Å². The van der Waals surface area contributed by atoms with E-state index in [0.717, 1.165) is 12.1 Å². The van der Waals surface area contributed by atoms with Crippen molar-refractivity contribution >= 4 is 17.1 Å². The lowest BCUT2D eigenvalue weighted by molar-refractivity contribution is -0.385. The SMILES string of the molecule is N#Cc1ccc(Nc2cc(F)c(F)cc2F)cc1[N+](=O)[O-]. The standard InChI is InChI=1S/C13H6F3N3O2/c14-9-4-11(16)12(5-10(9)15)18-8-2-1-7(6-17)13(3-8)19(20)21/h1-5,18H. The molecule has 0 bridgehead atoms. The fourth-order valence-electron chi connectivity index (χ4n) is 1.63. The molecule has 0 saturated carbocycles. The first-order chi connectivity index (χ1) is 9.92. The molecule has 0 aliphatic carbocycles. The van der Waals surface area contributed by atoms with Gasteiger partial charge in [-0.1, -0.05) is 0 Å². The van der Waals surface area contributed by atoms with E-state index in [0.29, 0.717) is 12.1 Å². The summed E-state index contributed by atoms with van der Waals surface area (Å²) in [5, 5.41) is 21.9. The van der Waals surface area contributed by atoms with E-state index in [1.807, 2.05) is 0 Å². The van der Waals surface area contributed by atoms with Gasteiger partial charge in [-0.15, -0.1) is 0 Å². The van der Waals surface area contributed by atoms with Crippen LogP contribution in [0.15, 0.2) is 30.3 Å². The largest absolute Gasteiger partial charge is 0.353 e. The van der Waals surface area contributed by atoms with E-state index in [-0.39, 0.29) is 16.9 Å². The monoisotopic (exact) mass is 293 g/mol. The highest BCUT2D eigenvalue weighted by Crippen LogP contribution is 2.27. The predicted molar refractivity (Wildman–Crippen MR) is 67.4 cm³/mol. The number of nitriles is 1. The molecule has 0 atom stereocenters.